The van der Waals surface area contributed by atoms with Gasteiger partial charge in [0, 0.05) is 19.3 Å². The maximum Gasteiger partial charge on any atom is 0.338 e. The van der Waals surface area contributed by atoms with Gasteiger partial charge in [0.2, 0.25) is 0 Å². The number of aromatic nitrogens is 1. The Hall–Kier alpha value is -3.08. The molecule has 12 heteroatoms. The van der Waals surface area contributed by atoms with E-state index in [1.165, 1.54) is 31.5 Å². The van der Waals surface area contributed by atoms with Crippen LogP contribution in [0.25, 0.3) is 0 Å². The molecule has 1 aromatic heterocycles. The average Bonchev–Trinajstić information content (AvgIpc) is 2.86. The van der Waals surface area contributed by atoms with E-state index >= 15 is 0 Å². The summed E-state index contributed by atoms with van der Waals surface area (Å²) in [6.45, 7) is 2.95. The number of morpholine rings is 1. The monoisotopic (exact) mass is 511 g/mol. The molecule has 1 aliphatic rings. The minimum Gasteiger partial charge on any atom is -0.493 e. The Morgan fingerprint density at radius 1 is 1.15 bits per heavy atom. The third kappa shape index (κ3) is 6.49. The molecule has 1 aromatic carbocycles. The third-order valence-corrected chi connectivity index (χ3v) is 5.75. The number of rotatable bonds is 8. The number of nitrogens with zero attached hydrogens (tertiary/aromatic N) is 2. The molecule has 0 atom stereocenters. The Balaban J connectivity index is 1.55. The molecule has 0 radical (unpaired) electrons. The number of halogens is 2. The number of carbonyl (C=O) groups is 3. The lowest BCUT2D eigenvalue weighted by molar-refractivity contribution is -0.137. The number of amides is 2. The standard InChI is InChI=1S/C22H23Cl2N3O7/c1-13-15(23)10-25-21(20(13)24)26-18(28)11-34-22(30)14-3-4-16(17(9-14)31-2)33-12-19(29)27-5-7-32-8-6-27/h3-4,9-10H,5-8,11-12H2,1-2H3,(H,25,26,28). The predicted molar refractivity (Wildman–Crippen MR) is 124 cm³/mol. The van der Waals surface area contributed by atoms with Gasteiger partial charge in [-0.25, -0.2) is 9.78 Å². The van der Waals surface area contributed by atoms with E-state index in [1.807, 2.05) is 0 Å². The van der Waals surface area contributed by atoms with Gasteiger partial charge in [-0.05, 0) is 30.7 Å². The Morgan fingerprint density at radius 2 is 1.88 bits per heavy atom. The Bertz CT molecular complexity index is 1070. The lowest BCUT2D eigenvalue weighted by Crippen LogP contribution is -2.43. The van der Waals surface area contributed by atoms with Crippen LogP contribution in [0.1, 0.15) is 15.9 Å². The van der Waals surface area contributed by atoms with E-state index in [1.54, 1.807) is 11.8 Å². The van der Waals surface area contributed by atoms with E-state index in [0.29, 0.717) is 36.9 Å². The largest absolute Gasteiger partial charge is 0.493 e. The lowest BCUT2D eigenvalue weighted by atomic mass is 10.2. The van der Waals surface area contributed by atoms with E-state index in [2.05, 4.69) is 10.3 Å². The molecule has 0 saturated carbocycles. The SMILES string of the molecule is COc1cc(C(=O)OCC(=O)Nc2ncc(Cl)c(C)c2Cl)ccc1OCC(=O)N1CCOCC1. The van der Waals surface area contributed by atoms with Crippen LogP contribution in [-0.4, -0.2) is 74.3 Å². The molecule has 2 amide bonds. The van der Waals surface area contributed by atoms with Crippen LogP contribution in [0.4, 0.5) is 5.82 Å². The third-order valence-electron chi connectivity index (χ3n) is 4.91. The smallest absolute Gasteiger partial charge is 0.338 e. The summed E-state index contributed by atoms with van der Waals surface area (Å²) in [4.78, 5) is 42.4. The van der Waals surface area contributed by atoms with Crippen molar-refractivity contribution in [2.45, 2.75) is 6.92 Å². The van der Waals surface area contributed by atoms with Gasteiger partial charge in [-0.2, -0.15) is 0 Å². The first-order valence-electron chi connectivity index (χ1n) is 10.2. The molecule has 1 N–H and O–H groups in total. The molecule has 3 rings (SSSR count). The molecule has 10 nitrogen and oxygen atoms in total. The van der Waals surface area contributed by atoms with E-state index in [0.717, 1.165) is 0 Å². The Morgan fingerprint density at radius 3 is 2.59 bits per heavy atom. The Labute approximate surface area is 206 Å². The minimum atomic E-state index is -0.754. The number of nitrogens with one attached hydrogen (secondary N) is 1. The second-order valence-electron chi connectivity index (χ2n) is 7.17. The number of benzene rings is 1. The molecule has 1 aliphatic heterocycles. The molecule has 0 unspecified atom stereocenters. The normalized spacial score (nSPS) is 13.2. The van der Waals surface area contributed by atoms with Gasteiger partial charge < -0.3 is 29.2 Å². The highest BCUT2D eigenvalue weighted by Gasteiger charge is 2.19. The predicted octanol–water partition coefficient (Wildman–Crippen LogP) is 2.74. The van der Waals surface area contributed by atoms with Crippen LogP contribution in [0, 0.1) is 6.92 Å². The number of hydrogen-bond donors (Lipinski definition) is 1. The molecular formula is C22H23Cl2N3O7. The molecular weight excluding hydrogens is 489 g/mol. The summed E-state index contributed by atoms with van der Waals surface area (Å²) in [6, 6.07) is 4.33. The average molecular weight is 512 g/mol. The zero-order valence-corrected chi connectivity index (χ0v) is 20.1. The zero-order valence-electron chi connectivity index (χ0n) is 18.6. The molecule has 0 bridgehead atoms. The number of pyridine rings is 1. The highest BCUT2D eigenvalue weighted by atomic mass is 35.5. The van der Waals surface area contributed by atoms with Gasteiger partial charge in [0.05, 0.1) is 35.9 Å². The number of carbonyl (C=O) groups excluding carboxylic acids is 3. The molecule has 0 aliphatic carbocycles. The summed E-state index contributed by atoms with van der Waals surface area (Å²) in [6.07, 6.45) is 1.36. The fraction of sp³-hybridized carbons (Fsp3) is 0.364. The lowest BCUT2D eigenvalue weighted by Gasteiger charge is -2.26. The number of anilines is 1. The Kier molecular flexibility index (Phi) is 8.91. The van der Waals surface area contributed by atoms with Gasteiger partial charge in [-0.15, -0.1) is 0 Å². The fourth-order valence-electron chi connectivity index (χ4n) is 2.98. The molecule has 1 saturated heterocycles. The van der Waals surface area contributed by atoms with Crippen molar-refractivity contribution in [1.82, 2.24) is 9.88 Å². The van der Waals surface area contributed by atoms with Crippen LogP contribution in [0.5, 0.6) is 11.5 Å². The van der Waals surface area contributed by atoms with Crippen LogP contribution in [0.2, 0.25) is 10.0 Å². The van der Waals surface area contributed by atoms with Crippen molar-refractivity contribution >= 4 is 46.8 Å². The van der Waals surface area contributed by atoms with E-state index < -0.39 is 18.5 Å². The van der Waals surface area contributed by atoms with Crippen LogP contribution < -0.4 is 14.8 Å². The molecule has 1 fully saturated rings. The van der Waals surface area contributed by atoms with Gasteiger partial charge in [0.1, 0.15) is 0 Å². The first-order chi connectivity index (χ1) is 16.3. The van der Waals surface area contributed by atoms with E-state index in [4.69, 9.17) is 42.1 Å². The second kappa shape index (κ2) is 11.9. The van der Waals surface area contributed by atoms with Crippen LogP contribution in [0.15, 0.2) is 24.4 Å². The van der Waals surface area contributed by atoms with Crippen molar-refractivity contribution in [3.8, 4) is 11.5 Å². The number of esters is 1. The summed E-state index contributed by atoms with van der Waals surface area (Å²) in [5.74, 6) is -0.919. The molecule has 0 spiro atoms. The van der Waals surface area contributed by atoms with Crippen molar-refractivity contribution in [3.05, 3.63) is 45.6 Å². The number of methoxy groups -OCH3 is 1. The summed E-state index contributed by atoms with van der Waals surface area (Å²) < 4.78 is 21.1. The maximum atomic E-state index is 12.4. The fourth-order valence-corrected chi connectivity index (χ4v) is 3.37. The number of hydrogen-bond acceptors (Lipinski definition) is 8. The first kappa shape index (κ1) is 25.5. The van der Waals surface area contributed by atoms with Crippen molar-refractivity contribution in [1.29, 1.82) is 0 Å². The van der Waals surface area contributed by atoms with E-state index in [-0.39, 0.29) is 40.4 Å². The van der Waals surface area contributed by atoms with Crippen molar-refractivity contribution in [2.24, 2.45) is 0 Å². The van der Waals surface area contributed by atoms with Crippen LogP contribution in [-0.2, 0) is 19.1 Å². The summed E-state index contributed by atoms with van der Waals surface area (Å²) >= 11 is 12.0. The number of ether oxygens (including phenoxy) is 4. The summed E-state index contributed by atoms with van der Waals surface area (Å²) in [7, 11) is 1.40. The van der Waals surface area contributed by atoms with E-state index in [9.17, 15) is 14.4 Å². The van der Waals surface area contributed by atoms with Gasteiger partial charge in [-0.1, -0.05) is 23.2 Å². The molecule has 182 valence electrons. The first-order valence-corrected chi connectivity index (χ1v) is 11.0. The zero-order chi connectivity index (χ0) is 24.7. The van der Waals surface area contributed by atoms with Gasteiger partial charge in [0.25, 0.3) is 11.8 Å². The van der Waals surface area contributed by atoms with Crippen LogP contribution in [0.3, 0.4) is 0 Å². The highest BCUT2D eigenvalue weighted by molar-refractivity contribution is 6.37. The summed E-state index contributed by atoms with van der Waals surface area (Å²) in [5, 5.41) is 3.02. The van der Waals surface area contributed by atoms with Crippen molar-refractivity contribution in [2.75, 3.05) is 51.9 Å². The highest BCUT2D eigenvalue weighted by Crippen LogP contribution is 2.29. The molecule has 2 aromatic rings. The summed E-state index contributed by atoms with van der Waals surface area (Å²) in [5.41, 5.74) is 0.696. The second-order valence-corrected chi connectivity index (χ2v) is 7.95. The van der Waals surface area contributed by atoms with Crippen molar-refractivity contribution < 1.29 is 33.3 Å². The topological polar surface area (TPSA) is 116 Å². The van der Waals surface area contributed by atoms with Gasteiger partial charge >= 0.3 is 5.97 Å². The maximum absolute atomic E-state index is 12.4. The van der Waals surface area contributed by atoms with Crippen LogP contribution >= 0.6 is 23.2 Å². The molecule has 34 heavy (non-hydrogen) atoms. The van der Waals surface area contributed by atoms with Gasteiger partial charge in [-0.3, -0.25) is 9.59 Å². The molecule has 2 heterocycles. The quantitative estimate of drug-likeness (QED) is 0.537. The van der Waals surface area contributed by atoms with Gasteiger partial charge in [0.15, 0.2) is 30.5 Å². The van der Waals surface area contributed by atoms with Crippen molar-refractivity contribution in [3.63, 3.8) is 0 Å². The minimum absolute atomic E-state index is 0.111.